The van der Waals surface area contributed by atoms with Gasteiger partial charge in [-0.3, -0.25) is 4.57 Å². The molecule has 2 rings (SSSR count). The van der Waals surface area contributed by atoms with Crippen LogP contribution in [-0.2, 0) is 12.3 Å². The number of hydrogen-bond acceptors (Lipinski definition) is 4. The summed E-state index contributed by atoms with van der Waals surface area (Å²) in [5, 5.41) is 7.51. The third-order valence-electron chi connectivity index (χ3n) is 2.16. The van der Waals surface area contributed by atoms with Crippen LogP contribution in [0.3, 0.4) is 0 Å². The van der Waals surface area contributed by atoms with E-state index >= 15 is 0 Å². The topological polar surface area (TPSA) is 63.6 Å². The van der Waals surface area contributed by atoms with Gasteiger partial charge < -0.3 is 0 Å². The Kier molecular flexibility index (Phi) is 3.86. The number of hydrogen-bond donors (Lipinski definition) is 1. The second-order valence-electron chi connectivity index (χ2n) is 3.30. The van der Waals surface area contributed by atoms with Gasteiger partial charge in [-0.1, -0.05) is 29.4 Å². The molecule has 0 radical (unpaired) electrons. The van der Waals surface area contributed by atoms with E-state index in [4.69, 9.17) is 11.6 Å². The summed E-state index contributed by atoms with van der Waals surface area (Å²) >= 11 is 7.25. The molecule has 2 aromatic heterocycles. The van der Waals surface area contributed by atoms with Crippen LogP contribution < -0.4 is 5.69 Å². The Bertz CT molecular complexity index is 565. The smallest absolute Gasteiger partial charge is 0.270 e. The molecule has 0 saturated carbocycles. The summed E-state index contributed by atoms with van der Waals surface area (Å²) in [7, 11) is 0. The molecule has 0 aromatic carbocycles. The maximum Gasteiger partial charge on any atom is 0.343 e. The largest absolute Gasteiger partial charge is 0.343 e. The molecule has 2 aromatic rings. The second-order valence-corrected chi connectivity index (χ2v) is 4.63. The zero-order valence-electron chi connectivity index (χ0n) is 9.18. The molecule has 0 saturated heterocycles. The Labute approximate surface area is 107 Å². The third kappa shape index (κ3) is 2.89. The van der Waals surface area contributed by atoms with Gasteiger partial charge in [-0.15, -0.1) is 5.10 Å². The zero-order chi connectivity index (χ0) is 12.3. The average Bonchev–Trinajstić information content (AvgIpc) is 2.67. The fourth-order valence-electron chi connectivity index (χ4n) is 1.36. The first-order chi connectivity index (χ1) is 8.20. The summed E-state index contributed by atoms with van der Waals surface area (Å²) in [5.74, 6) is 0.630. The summed E-state index contributed by atoms with van der Waals surface area (Å²) in [6.07, 6.45) is 0. The number of nitrogens with zero attached hydrogens (tertiary/aromatic N) is 3. The zero-order valence-corrected chi connectivity index (χ0v) is 10.8. The minimum absolute atomic E-state index is 0.186. The molecule has 0 spiro atoms. The Hall–Kier alpha value is -1.27. The molecule has 0 bridgehead atoms. The molecule has 0 atom stereocenters. The molecule has 0 amide bonds. The highest BCUT2D eigenvalue weighted by atomic mass is 35.5. The number of rotatable bonds is 4. The fraction of sp³-hybridized carbons (Fsp3) is 0.300. The predicted octanol–water partition coefficient (Wildman–Crippen LogP) is 1.93. The number of nitrogens with one attached hydrogen (secondary N) is 1. The summed E-state index contributed by atoms with van der Waals surface area (Å²) in [5.41, 5.74) is 0.676. The van der Waals surface area contributed by atoms with Gasteiger partial charge in [0, 0.05) is 12.3 Å². The SMILES string of the molecule is CCn1c(SCc2cccc(Cl)n2)n[nH]c1=O. The molecule has 7 heteroatoms. The van der Waals surface area contributed by atoms with Crippen molar-refractivity contribution in [1.82, 2.24) is 19.7 Å². The monoisotopic (exact) mass is 270 g/mol. The van der Waals surface area contributed by atoms with Gasteiger partial charge in [0.2, 0.25) is 0 Å². The van der Waals surface area contributed by atoms with E-state index in [1.165, 1.54) is 11.8 Å². The van der Waals surface area contributed by atoms with E-state index < -0.39 is 0 Å². The maximum absolute atomic E-state index is 11.3. The van der Waals surface area contributed by atoms with Crippen molar-refractivity contribution in [3.05, 3.63) is 39.5 Å². The number of aromatic nitrogens is 4. The van der Waals surface area contributed by atoms with Crippen molar-refractivity contribution in [2.45, 2.75) is 24.4 Å². The molecule has 0 aliphatic heterocycles. The van der Waals surface area contributed by atoms with Crippen molar-refractivity contribution in [1.29, 1.82) is 0 Å². The van der Waals surface area contributed by atoms with Gasteiger partial charge in [0.25, 0.3) is 0 Å². The van der Waals surface area contributed by atoms with Crippen molar-refractivity contribution < 1.29 is 0 Å². The first kappa shape index (κ1) is 12.2. The van der Waals surface area contributed by atoms with E-state index in [-0.39, 0.29) is 5.69 Å². The molecule has 90 valence electrons. The van der Waals surface area contributed by atoms with Crippen LogP contribution in [0, 0.1) is 0 Å². The number of aromatic amines is 1. The lowest BCUT2D eigenvalue weighted by Gasteiger charge is -2.02. The first-order valence-corrected chi connectivity index (χ1v) is 6.46. The van der Waals surface area contributed by atoms with Crippen LogP contribution in [0.25, 0.3) is 0 Å². The van der Waals surface area contributed by atoms with Gasteiger partial charge in [0.15, 0.2) is 5.16 Å². The lowest BCUT2D eigenvalue weighted by Crippen LogP contribution is -2.16. The van der Waals surface area contributed by atoms with Gasteiger partial charge in [-0.2, -0.15) is 0 Å². The maximum atomic E-state index is 11.3. The Morgan fingerprint density at radius 3 is 3.06 bits per heavy atom. The van der Waals surface area contributed by atoms with Gasteiger partial charge in [-0.25, -0.2) is 14.9 Å². The highest BCUT2D eigenvalue weighted by Gasteiger charge is 2.07. The second kappa shape index (κ2) is 5.37. The van der Waals surface area contributed by atoms with Gasteiger partial charge >= 0.3 is 5.69 Å². The molecular weight excluding hydrogens is 260 g/mol. The van der Waals surface area contributed by atoms with Crippen LogP contribution in [0.4, 0.5) is 0 Å². The summed E-state index contributed by atoms with van der Waals surface area (Å²) in [6, 6.07) is 5.47. The highest BCUT2D eigenvalue weighted by Crippen LogP contribution is 2.19. The van der Waals surface area contributed by atoms with Crippen LogP contribution in [-0.4, -0.2) is 19.7 Å². The number of thioether (sulfide) groups is 1. The van der Waals surface area contributed by atoms with Crippen LogP contribution in [0.1, 0.15) is 12.6 Å². The highest BCUT2D eigenvalue weighted by molar-refractivity contribution is 7.98. The van der Waals surface area contributed by atoms with E-state index in [1.54, 1.807) is 10.6 Å². The van der Waals surface area contributed by atoms with Crippen LogP contribution in [0.5, 0.6) is 0 Å². The molecular formula is C10H11ClN4OS. The van der Waals surface area contributed by atoms with Crippen LogP contribution in [0.2, 0.25) is 5.15 Å². The van der Waals surface area contributed by atoms with Crippen LogP contribution in [0.15, 0.2) is 28.2 Å². The summed E-state index contributed by atoms with van der Waals surface area (Å²) in [4.78, 5) is 15.5. The predicted molar refractivity (Wildman–Crippen MR) is 67.3 cm³/mol. The van der Waals surface area contributed by atoms with Crippen molar-refractivity contribution in [2.24, 2.45) is 0 Å². The lowest BCUT2D eigenvalue weighted by molar-refractivity contribution is 0.660. The molecule has 2 heterocycles. The van der Waals surface area contributed by atoms with Crippen molar-refractivity contribution >= 4 is 23.4 Å². The average molecular weight is 271 g/mol. The fourth-order valence-corrected chi connectivity index (χ4v) is 2.46. The number of H-pyrrole nitrogens is 1. The van der Waals surface area contributed by atoms with Gasteiger partial charge in [-0.05, 0) is 19.1 Å². The van der Waals surface area contributed by atoms with E-state index in [9.17, 15) is 4.79 Å². The molecule has 0 aliphatic rings. The molecule has 0 aliphatic carbocycles. The van der Waals surface area contributed by atoms with E-state index in [2.05, 4.69) is 15.2 Å². The van der Waals surface area contributed by atoms with Crippen molar-refractivity contribution in [3.63, 3.8) is 0 Å². The van der Waals surface area contributed by atoms with Gasteiger partial charge in [0.1, 0.15) is 5.15 Å². The van der Waals surface area contributed by atoms with E-state index in [1.807, 2.05) is 19.1 Å². The van der Waals surface area contributed by atoms with Crippen LogP contribution >= 0.6 is 23.4 Å². The molecule has 17 heavy (non-hydrogen) atoms. The normalized spacial score (nSPS) is 10.7. The van der Waals surface area contributed by atoms with Crippen molar-refractivity contribution in [2.75, 3.05) is 0 Å². The lowest BCUT2D eigenvalue weighted by atomic mass is 10.4. The Morgan fingerprint density at radius 2 is 2.35 bits per heavy atom. The van der Waals surface area contributed by atoms with E-state index in [0.29, 0.717) is 22.6 Å². The molecule has 1 N–H and O–H groups in total. The molecule has 5 nitrogen and oxygen atoms in total. The van der Waals surface area contributed by atoms with E-state index in [0.717, 1.165) is 5.69 Å². The third-order valence-corrected chi connectivity index (χ3v) is 3.38. The summed E-state index contributed by atoms with van der Waals surface area (Å²) in [6.45, 7) is 2.50. The minimum Gasteiger partial charge on any atom is -0.270 e. The summed E-state index contributed by atoms with van der Waals surface area (Å²) < 4.78 is 1.58. The number of halogens is 1. The Balaban J connectivity index is 2.10. The first-order valence-electron chi connectivity index (χ1n) is 5.10. The number of pyridine rings is 1. The molecule has 0 unspecified atom stereocenters. The Morgan fingerprint density at radius 1 is 1.53 bits per heavy atom. The minimum atomic E-state index is -0.186. The quantitative estimate of drug-likeness (QED) is 0.681. The standard InChI is InChI=1S/C10H11ClN4OS/c1-2-15-9(16)13-14-10(15)17-6-7-4-3-5-8(11)12-7/h3-5H,2,6H2,1H3,(H,13,16). The molecule has 0 fully saturated rings. The van der Waals surface area contributed by atoms with Crippen molar-refractivity contribution in [3.8, 4) is 0 Å². The van der Waals surface area contributed by atoms with Gasteiger partial charge in [0.05, 0.1) is 5.69 Å².